The van der Waals surface area contributed by atoms with E-state index in [9.17, 15) is 18.8 Å². The fourth-order valence-electron chi connectivity index (χ4n) is 5.31. The van der Waals surface area contributed by atoms with E-state index in [-0.39, 0.29) is 28.9 Å². The number of hydrogen-bond acceptors (Lipinski definition) is 5. The summed E-state index contributed by atoms with van der Waals surface area (Å²) in [4.78, 5) is 21.8. The first-order chi connectivity index (χ1) is 17.7. The maximum absolute atomic E-state index is 13.8. The number of nitriles is 1. The Kier molecular flexibility index (Phi) is 6.26. The van der Waals surface area contributed by atoms with E-state index in [0.29, 0.717) is 36.4 Å². The molecule has 5 rings (SSSR count). The number of anilines is 1. The molecule has 0 atom stereocenters. The van der Waals surface area contributed by atoms with E-state index in [0.717, 1.165) is 11.1 Å². The molecule has 3 heterocycles. The molecule has 2 aromatic heterocycles. The minimum absolute atomic E-state index is 0.148. The van der Waals surface area contributed by atoms with Crippen molar-refractivity contribution in [3.05, 3.63) is 106 Å². The third-order valence-electron chi connectivity index (χ3n) is 7.17. The Morgan fingerprint density at radius 3 is 2.08 bits per heavy atom. The fourth-order valence-corrected chi connectivity index (χ4v) is 5.31. The second kappa shape index (κ2) is 9.41. The van der Waals surface area contributed by atoms with Crippen molar-refractivity contribution in [1.29, 1.82) is 5.26 Å². The average Bonchev–Trinajstić information content (AvgIpc) is 2.88. The van der Waals surface area contributed by atoms with Gasteiger partial charge in [0.2, 0.25) is 0 Å². The number of benzene rings is 2. The fraction of sp³-hybridized carbons (Fsp3) is 0.276. The summed E-state index contributed by atoms with van der Waals surface area (Å²) in [6.07, 6.45) is 0. The number of halogens is 2. The summed E-state index contributed by atoms with van der Waals surface area (Å²) in [6.45, 7) is 6.05. The lowest BCUT2D eigenvalue weighted by Crippen LogP contribution is -2.60. The Balaban J connectivity index is 1.55. The van der Waals surface area contributed by atoms with Crippen LogP contribution in [0.5, 0.6) is 0 Å². The molecule has 0 spiro atoms. The zero-order valence-electron chi connectivity index (χ0n) is 20.9. The molecule has 0 unspecified atom stereocenters. The van der Waals surface area contributed by atoms with E-state index in [1.165, 1.54) is 28.8 Å². The van der Waals surface area contributed by atoms with Gasteiger partial charge in [0.1, 0.15) is 28.9 Å². The van der Waals surface area contributed by atoms with E-state index < -0.39 is 5.54 Å². The van der Waals surface area contributed by atoms with Crippen molar-refractivity contribution in [2.24, 2.45) is 7.05 Å². The molecule has 1 aliphatic heterocycles. The van der Waals surface area contributed by atoms with Crippen LogP contribution < -0.4 is 10.5 Å². The minimum Gasteiger partial charge on any atom is -0.366 e. The first-order valence-corrected chi connectivity index (χ1v) is 12.1. The molecule has 0 aliphatic carbocycles. The van der Waals surface area contributed by atoms with Crippen LogP contribution in [0.2, 0.25) is 0 Å². The van der Waals surface area contributed by atoms with Gasteiger partial charge >= 0.3 is 0 Å². The Hall–Kier alpha value is -4.09. The molecule has 2 aromatic carbocycles. The van der Waals surface area contributed by atoms with Gasteiger partial charge in [0.15, 0.2) is 0 Å². The number of pyridine rings is 2. The van der Waals surface area contributed by atoms with Crippen LogP contribution in [0, 0.1) is 23.0 Å². The standard InChI is InChI=1S/C29H27F2N5O/c1-29(2)18-35(25-16-26(37)34(3)24-13-12-23(17-32)33-27(24)25)14-15-36(29)28(19-4-8-21(30)9-5-19)20-6-10-22(31)11-7-20/h4-13,16,28H,14-15,18H2,1-3H3. The van der Waals surface area contributed by atoms with Crippen molar-refractivity contribution >= 4 is 16.7 Å². The number of fused-ring (bicyclic) bond motifs is 1. The minimum atomic E-state index is -0.397. The van der Waals surface area contributed by atoms with Crippen LogP contribution in [0.4, 0.5) is 14.5 Å². The van der Waals surface area contributed by atoms with E-state index in [1.807, 2.05) is 0 Å². The molecular weight excluding hydrogens is 472 g/mol. The SMILES string of the molecule is Cn1c(=O)cc(N2CCN(C(c3ccc(F)cc3)c3ccc(F)cc3)C(C)(C)C2)c2nc(C#N)ccc21. The molecule has 0 bridgehead atoms. The highest BCUT2D eigenvalue weighted by atomic mass is 19.1. The zero-order valence-corrected chi connectivity index (χ0v) is 20.9. The predicted octanol–water partition coefficient (Wildman–Crippen LogP) is 4.77. The summed E-state index contributed by atoms with van der Waals surface area (Å²) in [7, 11) is 1.69. The Morgan fingerprint density at radius 1 is 0.946 bits per heavy atom. The highest BCUT2D eigenvalue weighted by Gasteiger charge is 2.39. The molecule has 0 saturated carbocycles. The number of rotatable bonds is 4. The van der Waals surface area contributed by atoms with Gasteiger partial charge in [-0.25, -0.2) is 13.8 Å². The van der Waals surface area contributed by atoms with Crippen LogP contribution >= 0.6 is 0 Å². The molecule has 1 saturated heterocycles. The maximum atomic E-state index is 13.8. The molecule has 1 fully saturated rings. The molecule has 4 aromatic rings. The van der Waals surface area contributed by atoms with E-state index in [1.54, 1.807) is 49.5 Å². The van der Waals surface area contributed by atoms with E-state index in [4.69, 9.17) is 0 Å². The van der Waals surface area contributed by atoms with Crippen molar-refractivity contribution in [2.75, 3.05) is 24.5 Å². The lowest BCUT2D eigenvalue weighted by Gasteiger charge is -2.51. The second-order valence-electron chi connectivity index (χ2n) is 10.0. The summed E-state index contributed by atoms with van der Waals surface area (Å²) in [5.74, 6) is -0.625. The van der Waals surface area contributed by atoms with Gasteiger partial charge in [-0.05, 0) is 61.4 Å². The topological polar surface area (TPSA) is 65.2 Å². The van der Waals surface area contributed by atoms with Crippen LogP contribution in [0.15, 0.2) is 71.5 Å². The van der Waals surface area contributed by atoms with Gasteiger partial charge < -0.3 is 9.47 Å². The molecule has 1 aliphatic rings. The van der Waals surface area contributed by atoms with Crippen molar-refractivity contribution in [2.45, 2.75) is 25.4 Å². The number of hydrogen-bond donors (Lipinski definition) is 0. The Bertz CT molecular complexity index is 1510. The number of piperazine rings is 1. The monoisotopic (exact) mass is 499 g/mol. The lowest BCUT2D eigenvalue weighted by molar-refractivity contribution is 0.0723. The van der Waals surface area contributed by atoms with Gasteiger partial charge in [0.25, 0.3) is 5.56 Å². The maximum Gasteiger partial charge on any atom is 0.252 e. The molecule has 8 heteroatoms. The van der Waals surface area contributed by atoms with Crippen molar-refractivity contribution < 1.29 is 8.78 Å². The summed E-state index contributed by atoms with van der Waals surface area (Å²) in [5, 5.41) is 9.40. The predicted molar refractivity (Wildman–Crippen MR) is 139 cm³/mol. The number of nitrogens with zero attached hydrogens (tertiary/aromatic N) is 5. The quantitative estimate of drug-likeness (QED) is 0.405. The molecule has 0 N–H and O–H groups in total. The van der Waals surface area contributed by atoms with Crippen molar-refractivity contribution in [3.63, 3.8) is 0 Å². The number of aryl methyl sites for hydroxylation is 1. The van der Waals surface area contributed by atoms with Gasteiger partial charge in [-0.2, -0.15) is 5.26 Å². The van der Waals surface area contributed by atoms with Crippen LogP contribution in [0.1, 0.15) is 36.7 Å². The third kappa shape index (κ3) is 4.58. The highest BCUT2D eigenvalue weighted by Crippen LogP contribution is 2.38. The van der Waals surface area contributed by atoms with E-state index in [2.05, 4.69) is 34.7 Å². The van der Waals surface area contributed by atoms with Gasteiger partial charge in [-0.15, -0.1) is 0 Å². The first-order valence-electron chi connectivity index (χ1n) is 12.1. The van der Waals surface area contributed by atoms with Gasteiger partial charge in [0.05, 0.1) is 17.2 Å². The normalized spacial score (nSPS) is 15.8. The van der Waals surface area contributed by atoms with Crippen LogP contribution in [0.25, 0.3) is 11.0 Å². The molecule has 6 nitrogen and oxygen atoms in total. The summed E-state index contributed by atoms with van der Waals surface area (Å²) in [5.41, 5.74) is 3.54. The molecule has 188 valence electrons. The van der Waals surface area contributed by atoms with Crippen molar-refractivity contribution in [1.82, 2.24) is 14.5 Å². The Morgan fingerprint density at radius 2 is 1.54 bits per heavy atom. The van der Waals surface area contributed by atoms with Gasteiger partial charge in [0, 0.05) is 38.3 Å². The molecule has 0 amide bonds. The summed E-state index contributed by atoms with van der Waals surface area (Å²) >= 11 is 0. The van der Waals surface area contributed by atoms with E-state index >= 15 is 0 Å². The Labute approximate surface area is 214 Å². The zero-order chi connectivity index (χ0) is 26.3. The lowest BCUT2D eigenvalue weighted by atomic mass is 9.89. The largest absolute Gasteiger partial charge is 0.366 e. The number of aromatic nitrogens is 2. The average molecular weight is 500 g/mol. The van der Waals surface area contributed by atoms with Gasteiger partial charge in [-0.3, -0.25) is 9.69 Å². The third-order valence-corrected chi connectivity index (χ3v) is 7.17. The van der Waals surface area contributed by atoms with Crippen LogP contribution in [0.3, 0.4) is 0 Å². The van der Waals surface area contributed by atoms with Crippen molar-refractivity contribution in [3.8, 4) is 6.07 Å². The van der Waals surface area contributed by atoms with Crippen LogP contribution in [-0.2, 0) is 7.05 Å². The van der Waals surface area contributed by atoms with Gasteiger partial charge in [-0.1, -0.05) is 24.3 Å². The highest BCUT2D eigenvalue weighted by molar-refractivity contribution is 5.88. The summed E-state index contributed by atoms with van der Waals surface area (Å²) in [6, 6.07) is 19.7. The molecule has 37 heavy (non-hydrogen) atoms. The second-order valence-corrected chi connectivity index (χ2v) is 10.0. The first kappa shape index (κ1) is 24.6. The molecular formula is C29H27F2N5O. The molecule has 0 radical (unpaired) electrons. The van der Waals surface area contributed by atoms with Crippen LogP contribution in [-0.4, -0.2) is 39.6 Å². The smallest absolute Gasteiger partial charge is 0.252 e. The summed E-state index contributed by atoms with van der Waals surface area (Å²) < 4.78 is 29.1.